The largest absolute Gasteiger partial charge is 0.548 e. The van der Waals surface area contributed by atoms with E-state index in [2.05, 4.69) is 10.3 Å². The minimum atomic E-state index is -1.47. The summed E-state index contributed by atoms with van der Waals surface area (Å²) in [4.78, 5) is 39.9. The maximum Gasteiger partial charge on any atom is 0.339 e. The Morgan fingerprint density at radius 3 is 2.78 bits per heavy atom. The number of rotatable bonds is 7. The molecule has 0 saturated carbocycles. The molecule has 0 saturated heterocycles. The molecule has 10 heteroatoms. The lowest BCUT2D eigenvalue weighted by Crippen LogP contribution is -2.52. The second-order valence-electron chi connectivity index (χ2n) is 8.87. The number of H-pyrrole nitrogens is 1. The highest BCUT2D eigenvalue weighted by Crippen LogP contribution is 2.35. The first-order chi connectivity index (χ1) is 17.2. The molecule has 36 heavy (non-hydrogen) atoms. The van der Waals surface area contributed by atoms with Crippen LogP contribution in [0.1, 0.15) is 30.0 Å². The van der Waals surface area contributed by atoms with Gasteiger partial charge in [0.1, 0.15) is 17.1 Å². The van der Waals surface area contributed by atoms with Gasteiger partial charge in [-0.15, -0.1) is 0 Å². The van der Waals surface area contributed by atoms with E-state index >= 15 is 0 Å². The Bertz CT molecular complexity index is 1570. The van der Waals surface area contributed by atoms with E-state index in [1.54, 1.807) is 18.3 Å². The van der Waals surface area contributed by atoms with Gasteiger partial charge in [0.05, 0.1) is 17.0 Å². The highest BCUT2D eigenvalue weighted by Gasteiger charge is 2.24. The van der Waals surface area contributed by atoms with Gasteiger partial charge in [0.15, 0.2) is 6.10 Å². The van der Waals surface area contributed by atoms with E-state index in [0.29, 0.717) is 34.0 Å². The predicted octanol–water partition coefficient (Wildman–Crippen LogP) is 2.37. The number of hydrogen-bond donors (Lipinski definition) is 3. The summed E-state index contributed by atoms with van der Waals surface area (Å²) in [5, 5.41) is 25.6. The van der Waals surface area contributed by atoms with Gasteiger partial charge in [0.25, 0.3) is 5.91 Å². The number of hydrogen-bond acceptors (Lipinski definition) is 7. The Morgan fingerprint density at radius 2 is 2.00 bits per heavy atom. The molecule has 0 aliphatic heterocycles. The van der Waals surface area contributed by atoms with Gasteiger partial charge in [0.2, 0.25) is 0 Å². The van der Waals surface area contributed by atoms with Crippen LogP contribution in [0.5, 0.6) is 11.5 Å². The smallest absolute Gasteiger partial charge is 0.339 e. The Hall–Kier alpha value is -3.98. The molecule has 0 radical (unpaired) electrons. The van der Waals surface area contributed by atoms with Gasteiger partial charge >= 0.3 is 5.63 Å². The number of aliphatic carboxylic acids is 1. The van der Waals surface area contributed by atoms with Gasteiger partial charge in [-0.3, -0.25) is 4.79 Å². The summed E-state index contributed by atoms with van der Waals surface area (Å²) in [6, 6.07) is 6.46. The van der Waals surface area contributed by atoms with E-state index in [1.807, 2.05) is 0 Å². The molecule has 5 rings (SSSR count). The Kier molecular flexibility index (Phi) is 6.09. The fourth-order valence-corrected chi connectivity index (χ4v) is 4.86. The number of amides is 1. The number of aryl methyl sites for hydroxylation is 1. The maximum atomic E-state index is 12.8. The Morgan fingerprint density at radius 1 is 1.22 bits per heavy atom. The monoisotopic (exact) mass is 509 g/mol. The van der Waals surface area contributed by atoms with Crippen molar-refractivity contribution in [1.29, 1.82) is 0 Å². The third-order valence-electron chi connectivity index (χ3n) is 6.48. The van der Waals surface area contributed by atoms with Crippen molar-refractivity contribution >= 4 is 45.3 Å². The summed E-state index contributed by atoms with van der Waals surface area (Å²) in [6.45, 7) is 1.45. The van der Waals surface area contributed by atoms with E-state index in [0.717, 1.165) is 23.8 Å². The lowest BCUT2D eigenvalue weighted by atomic mass is 10.0. The van der Waals surface area contributed by atoms with Crippen LogP contribution in [-0.2, 0) is 28.9 Å². The van der Waals surface area contributed by atoms with Gasteiger partial charge in [-0.1, -0.05) is 11.6 Å². The van der Waals surface area contributed by atoms with Crippen molar-refractivity contribution in [3.8, 4) is 11.5 Å². The number of fused-ring (bicyclic) bond motifs is 4. The number of carboxylic acid groups (broad SMARTS) is 1. The summed E-state index contributed by atoms with van der Waals surface area (Å²) >= 11 is 6.41. The van der Waals surface area contributed by atoms with Crippen LogP contribution >= 0.6 is 11.6 Å². The molecule has 2 aromatic carbocycles. The first-order valence-corrected chi connectivity index (χ1v) is 11.8. The highest BCUT2D eigenvalue weighted by molar-refractivity contribution is 6.32. The number of ether oxygens (including phenoxy) is 1. The third kappa shape index (κ3) is 4.37. The van der Waals surface area contributed by atoms with Gasteiger partial charge < -0.3 is 34.5 Å². The minimum Gasteiger partial charge on any atom is -0.548 e. The number of benzene rings is 2. The van der Waals surface area contributed by atoms with E-state index in [-0.39, 0.29) is 22.9 Å². The van der Waals surface area contributed by atoms with Crippen LogP contribution in [0.4, 0.5) is 0 Å². The van der Waals surface area contributed by atoms with Crippen molar-refractivity contribution < 1.29 is 29.0 Å². The van der Waals surface area contributed by atoms with Crippen LogP contribution in [0.2, 0.25) is 5.02 Å². The number of carbonyl (C=O) groups excluding carboxylic acids is 2. The van der Waals surface area contributed by atoms with Crippen LogP contribution in [0.15, 0.2) is 45.7 Å². The molecule has 1 aliphatic carbocycles. The molecule has 2 atom stereocenters. The number of halogens is 1. The van der Waals surface area contributed by atoms with Gasteiger partial charge in [-0.05, 0) is 61.6 Å². The second kappa shape index (κ2) is 9.23. The van der Waals surface area contributed by atoms with Crippen LogP contribution in [0.25, 0.3) is 21.9 Å². The molecule has 3 N–H and O–H groups in total. The molecule has 0 fully saturated rings. The number of carbonyl (C=O) groups is 2. The molecule has 1 aliphatic rings. The number of phenolic OH excluding ortho intramolecular Hbond substituents is 1. The molecule has 9 nitrogen and oxygen atoms in total. The Labute approximate surface area is 209 Å². The van der Waals surface area contributed by atoms with E-state index in [1.165, 1.54) is 25.1 Å². The number of phenols is 1. The van der Waals surface area contributed by atoms with E-state index < -0.39 is 29.6 Å². The summed E-state index contributed by atoms with van der Waals surface area (Å²) in [7, 11) is 0. The quantitative estimate of drug-likeness (QED) is 0.324. The Balaban J connectivity index is 1.33. The van der Waals surface area contributed by atoms with E-state index in [4.69, 9.17) is 20.8 Å². The van der Waals surface area contributed by atoms with Crippen molar-refractivity contribution in [3.63, 3.8) is 0 Å². The molecule has 4 aromatic rings. The van der Waals surface area contributed by atoms with Gasteiger partial charge in [0, 0.05) is 40.5 Å². The topological polar surface area (TPSA) is 145 Å². The fourth-order valence-electron chi connectivity index (χ4n) is 4.65. The van der Waals surface area contributed by atoms with Gasteiger partial charge in [-0.2, -0.15) is 0 Å². The van der Waals surface area contributed by atoms with Crippen molar-refractivity contribution in [1.82, 2.24) is 10.3 Å². The average Bonchev–Trinajstić information content (AvgIpc) is 3.47. The SMILES string of the molecule is C[C@@H](Oc1cc2oc(=O)c3c(c2cc1Cl)CCC3)C(=O)N[C@H](Cc1c[nH]c2ccc(O)cc12)C(=O)[O-]. The third-order valence-corrected chi connectivity index (χ3v) is 6.77. The van der Waals surface area contributed by atoms with Crippen molar-refractivity contribution in [3.05, 3.63) is 68.7 Å². The number of aromatic nitrogens is 1. The zero-order chi connectivity index (χ0) is 25.6. The minimum absolute atomic E-state index is 0.0347. The van der Waals surface area contributed by atoms with Crippen molar-refractivity contribution in [2.45, 2.75) is 44.8 Å². The lowest BCUT2D eigenvalue weighted by Gasteiger charge is -2.22. The zero-order valence-corrected chi connectivity index (χ0v) is 20.0. The average molecular weight is 510 g/mol. The molecule has 0 spiro atoms. The van der Waals surface area contributed by atoms with Crippen LogP contribution in [0, 0.1) is 0 Å². The standard InChI is InChI=1S/C26H23ClN2O7/c1-12(35-23-10-22-18(9-19(23)27)15-3-2-4-16(15)26(34)36-22)24(31)29-21(25(32)33)7-13-11-28-20-6-5-14(30)8-17(13)20/h5-6,8-12,21,28,30H,2-4,7H2,1H3,(H,29,31)(H,32,33)/p-1/t12-,21-/m1/s1. The molecule has 186 valence electrons. The second-order valence-corrected chi connectivity index (χ2v) is 9.27. The summed E-state index contributed by atoms with van der Waals surface area (Å²) in [6.07, 6.45) is 2.72. The van der Waals surface area contributed by atoms with Crippen LogP contribution < -0.4 is 20.8 Å². The van der Waals surface area contributed by atoms with Crippen LogP contribution in [0.3, 0.4) is 0 Å². The molecule has 0 unspecified atom stereocenters. The number of aromatic amines is 1. The summed E-state index contributed by atoms with van der Waals surface area (Å²) < 4.78 is 11.2. The van der Waals surface area contributed by atoms with Crippen molar-refractivity contribution in [2.24, 2.45) is 0 Å². The molecule has 0 bridgehead atoms. The van der Waals surface area contributed by atoms with Gasteiger partial charge in [-0.25, -0.2) is 4.79 Å². The fraction of sp³-hybridized carbons (Fsp3) is 0.269. The number of aromatic hydroxyl groups is 1. The van der Waals surface area contributed by atoms with E-state index in [9.17, 15) is 24.6 Å². The number of nitrogens with one attached hydrogen (secondary N) is 2. The predicted molar refractivity (Wildman–Crippen MR) is 130 cm³/mol. The van der Waals surface area contributed by atoms with Crippen LogP contribution in [-0.4, -0.2) is 34.1 Å². The normalized spacial score (nSPS) is 14.5. The number of carboxylic acids is 1. The summed E-state index contributed by atoms with van der Waals surface area (Å²) in [5.41, 5.74) is 2.80. The first kappa shape index (κ1) is 23.7. The zero-order valence-electron chi connectivity index (χ0n) is 19.2. The highest BCUT2D eigenvalue weighted by atomic mass is 35.5. The molecule has 2 heterocycles. The maximum absolute atomic E-state index is 12.8. The lowest BCUT2D eigenvalue weighted by molar-refractivity contribution is -0.308. The summed E-state index contributed by atoms with van der Waals surface area (Å²) in [5.74, 6) is -2.00. The molecular weight excluding hydrogens is 488 g/mol. The molecule has 1 amide bonds. The first-order valence-electron chi connectivity index (χ1n) is 11.5. The van der Waals surface area contributed by atoms with Crippen molar-refractivity contribution in [2.75, 3.05) is 0 Å². The molecular formula is C26H22ClN2O7-. The molecule has 2 aromatic heterocycles.